The SMILES string of the molecule is Cc1c(C2C(N)CCCC(=O)N2C2CC2)cnn1C. The van der Waals surface area contributed by atoms with Gasteiger partial charge < -0.3 is 10.6 Å². The summed E-state index contributed by atoms with van der Waals surface area (Å²) in [5.41, 5.74) is 8.61. The largest absolute Gasteiger partial charge is 0.331 e. The summed E-state index contributed by atoms with van der Waals surface area (Å²) in [6, 6.07) is 0.437. The summed E-state index contributed by atoms with van der Waals surface area (Å²) >= 11 is 0. The monoisotopic (exact) mass is 262 g/mol. The van der Waals surface area contributed by atoms with Crippen molar-refractivity contribution in [2.45, 2.75) is 57.2 Å². The van der Waals surface area contributed by atoms with E-state index in [1.165, 1.54) is 0 Å². The van der Waals surface area contributed by atoms with Crippen molar-refractivity contribution >= 4 is 5.91 Å². The van der Waals surface area contributed by atoms with E-state index in [-0.39, 0.29) is 18.0 Å². The molecule has 1 amide bonds. The van der Waals surface area contributed by atoms with Crippen LogP contribution in [0.15, 0.2) is 6.20 Å². The highest BCUT2D eigenvalue weighted by molar-refractivity contribution is 5.78. The van der Waals surface area contributed by atoms with Crippen molar-refractivity contribution in [1.82, 2.24) is 14.7 Å². The number of carbonyl (C=O) groups excluding carboxylic acids is 1. The highest BCUT2D eigenvalue weighted by Crippen LogP contribution is 2.39. The molecule has 0 bridgehead atoms. The molecule has 2 heterocycles. The molecule has 1 saturated heterocycles. The van der Waals surface area contributed by atoms with Crippen molar-refractivity contribution in [2.75, 3.05) is 0 Å². The first-order valence-electron chi connectivity index (χ1n) is 7.15. The van der Waals surface area contributed by atoms with E-state index >= 15 is 0 Å². The molecule has 19 heavy (non-hydrogen) atoms. The summed E-state index contributed by atoms with van der Waals surface area (Å²) in [7, 11) is 1.93. The minimum absolute atomic E-state index is 0.0104. The van der Waals surface area contributed by atoms with Gasteiger partial charge in [0.1, 0.15) is 0 Å². The lowest BCUT2D eigenvalue weighted by Crippen LogP contribution is -2.43. The molecule has 2 aliphatic rings. The third-order valence-electron chi connectivity index (χ3n) is 4.45. The summed E-state index contributed by atoms with van der Waals surface area (Å²) in [4.78, 5) is 14.4. The molecule has 2 atom stereocenters. The van der Waals surface area contributed by atoms with E-state index in [1.807, 2.05) is 17.9 Å². The van der Waals surface area contributed by atoms with Gasteiger partial charge in [0.15, 0.2) is 0 Å². The van der Waals surface area contributed by atoms with Gasteiger partial charge in [-0.25, -0.2) is 0 Å². The Bertz CT molecular complexity index is 492. The fourth-order valence-electron chi connectivity index (χ4n) is 3.11. The molecule has 0 radical (unpaired) electrons. The Labute approximate surface area is 113 Å². The predicted octanol–water partition coefficient (Wildman–Crippen LogP) is 1.27. The Morgan fingerprint density at radius 2 is 2.11 bits per heavy atom. The molecule has 5 heteroatoms. The van der Waals surface area contributed by atoms with Crippen LogP contribution in [0, 0.1) is 6.92 Å². The Balaban J connectivity index is 2.01. The summed E-state index contributed by atoms with van der Waals surface area (Å²) in [6.07, 6.45) is 6.57. The van der Waals surface area contributed by atoms with Crippen molar-refractivity contribution in [3.8, 4) is 0 Å². The highest BCUT2D eigenvalue weighted by atomic mass is 16.2. The molecule has 2 N–H and O–H groups in total. The number of nitrogens with zero attached hydrogens (tertiary/aromatic N) is 3. The number of aryl methyl sites for hydroxylation is 1. The molecule has 0 aromatic carbocycles. The Kier molecular flexibility index (Phi) is 3.09. The third kappa shape index (κ3) is 2.16. The van der Waals surface area contributed by atoms with Gasteiger partial charge in [-0.05, 0) is 32.6 Å². The van der Waals surface area contributed by atoms with Gasteiger partial charge in [0.05, 0.1) is 12.2 Å². The quantitative estimate of drug-likeness (QED) is 0.873. The lowest BCUT2D eigenvalue weighted by atomic mass is 9.96. The van der Waals surface area contributed by atoms with Gasteiger partial charge in [0, 0.05) is 36.8 Å². The van der Waals surface area contributed by atoms with Crippen LogP contribution >= 0.6 is 0 Å². The first-order valence-corrected chi connectivity index (χ1v) is 7.15. The van der Waals surface area contributed by atoms with E-state index in [0.29, 0.717) is 12.5 Å². The van der Waals surface area contributed by atoms with E-state index in [0.717, 1.165) is 36.9 Å². The van der Waals surface area contributed by atoms with Gasteiger partial charge in [0.2, 0.25) is 5.91 Å². The first-order chi connectivity index (χ1) is 9.09. The molecule has 5 nitrogen and oxygen atoms in total. The van der Waals surface area contributed by atoms with Crippen LogP contribution in [-0.2, 0) is 11.8 Å². The fourth-order valence-corrected chi connectivity index (χ4v) is 3.11. The molecule has 2 unspecified atom stereocenters. The number of hydrogen-bond donors (Lipinski definition) is 1. The summed E-state index contributed by atoms with van der Waals surface area (Å²) in [6.45, 7) is 2.05. The van der Waals surface area contributed by atoms with Gasteiger partial charge in [-0.3, -0.25) is 9.48 Å². The number of carbonyl (C=O) groups is 1. The van der Waals surface area contributed by atoms with E-state index < -0.39 is 0 Å². The maximum atomic E-state index is 12.4. The van der Waals surface area contributed by atoms with Crippen LogP contribution in [0.5, 0.6) is 0 Å². The predicted molar refractivity (Wildman–Crippen MR) is 72.4 cm³/mol. The topological polar surface area (TPSA) is 64.2 Å². The maximum absolute atomic E-state index is 12.4. The van der Waals surface area contributed by atoms with Crippen LogP contribution in [0.25, 0.3) is 0 Å². The van der Waals surface area contributed by atoms with Gasteiger partial charge in [-0.2, -0.15) is 5.10 Å². The van der Waals surface area contributed by atoms with Crippen LogP contribution in [0.2, 0.25) is 0 Å². The molecule has 1 aromatic heterocycles. The van der Waals surface area contributed by atoms with Gasteiger partial charge >= 0.3 is 0 Å². The Hall–Kier alpha value is -1.36. The minimum Gasteiger partial charge on any atom is -0.331 e. The molecule has 1 aliphatic heterocycles. The zero-order valence-electron chi connectivity index (χ0n) is 11.7. The molecule has 1 saturated carbocycles. The molecule has 104 valence electrons. The van der Waals surface area contributed by atoms with E-state index in [1.54, 1.807) is 0 Å². The minimum atomic E-state index is 0.0104. The molecule has 0 spiro atoms. The summed E-state index contributed by atoms with van der Waals surface area (Å²) in [5, 5.41) is 4.32. The zero-order valence-corrected chi connectivity index (χ0v) is 11.7. The fraction of sp³-hybridized carbons (Fsp3) is 0.714. The molecular formula is C14H22N4O. The lowest BCUT2D eigenvalue weighted by Gasteiger charge is -2.33. The smallest absolute Gasteiger partial charge is 0.223 e. The van der Waals surface area contributed by atoms with E-state index in [4.69, 9.17) is 5.73 Å². The average Bonchev–Trinajstić information content (AvgIpc) is 3.16. The second-order valence-corrected chi connectivity index (χ2v) is 5.84. The van der Waals surface area contributed by atoms with E-state index in [2.05, 4.69) is 16.9 Å². The van der Waals surface area contributed by atoms with Crippen LogP contribution in [0.3, 0.4) is 0 Å². The molecule has 1 aliphatic carbocycles. The van der Waals surface area contributed by atoms with Gasteiger partial charge in [-0.1, -0.05) is 0 Å². The summed E-state index contributed by atoms with van der Waals surface area (Å²) < 4.78 is 1.86. The van der Waals surface area contributed by atoms with Crippen LogP contribution in [0.4, 0.5) is 0 Å². The van der Waals surface area contributed by atoms with Crippen molar-refractivity contribution < 1.29 is 4.79 Å². The third-order valence-corrected chi connectivity index (χ3v) is 4.45. The average molecular weight is 262 g/mol. The second kappa shape index (κ2) is 4.63. The standard InChI is InChI=1S/C14H22N4O/c1-9-11(8-16-17(9)2)14-12(15)4-3-5-13(19)18(14)10-6-7-10/h8,10,12,14H,3-7,15H2,1-2H3. The van der Waals surface area contributed by atoms with Crippen molar-refractivity contribution in [2.24, 2.45) is 12.8 Å². The molecule has 1 aromatic rings. The lowest BCUT2D eigenvalue weighted by molar-refractivity contribution is -0.133. The van der Waals surface area contributed by atoms with Crippen LogP contribution in [0.1, 0.15) is 49.4 Å². The number of hydrogen-bond acceptors (Lipinski definition) is 3. The zero-order chi connectivity index (χ0) is 13.6. The normalized spacial score (nSPS) is 28.6. The molecule has 2 fully saturated rings. The van der Waals surface area contributed by atoms with Crippen molar-refractivity contribution in [1.29, 1.82) is 0 Å². The number of amides is 1. The van der Waals surface area contributed by atoms with Gasteiger partial charge in [-0.15, -0.1) is 0 Å². The Morgan fingerprint density at radius 3 is 2.68 bits per heavy atom. The maximum Gasteiger partial charge on any atom is 0.223 e. The second-order valence-electron chi connectivity index (χ2n) is 5.84. The van der Waals surface area contributed by atoms with Crippen LogP contribution in [-0.4, -0.2) is 32.7 Å². The Morgan fingerprint density at radius 1 is 1.37 bits per heavy atom. The number of likely N-dealkylation sites (tertiary alicyclic amines) is 1. The summed E-state index contributed by atoms with van der Waals surface area (Å²) in [5.74, 6) is 0.267. The van der Waals surface area contributed by atoms with E-state index in [9.17, 15) is 4.79 Å². The van der Waals surface area contributed by atoms with Crippen molar-refractivity contribution in [3.63, 3.8) is 0 Å². The number of nitrogens with two attached hydrogens (primary N) is 1. The number of rotatable bonds is 2. The van der Waals surface area contributed by atoms with Crippen molar-refractivity contribution in [3.05, 3.63) is 17.5 Å². The molecule has 3 rings (SSSR count). The highest BCUT2D eigenvalue weighted by Gasteiger charge is 2.42. The first kappa shape index (κ1) is 12.7. The molecular weight excluding hydrogens is 240 g/mol. The number of aromatic nitrogens is 2. The van der Waals surface area contributed by atoms with Gasteiger partial charge in [0.25, 0.3) is 0 Å². The van der Waals surface area contributed by atoms with Crippen LogP contribution < -0.4 is 5.73 Å².